The Morgan fingerprint density at radius 1 is 0.880 bits per heavy atom. The predicted octanol–water partition coefficient (Wildman–Crippen LogP) is 5.10. The van der Waals surface area contributed by atoms with Gasteiger partial charge < -0.3 is 4.74 Å². The molecule has 0 aliphatic carbocycles. The fraction of sp³-hybridized carbons (Fsp3) is 0.947. The Labute approximate surface area is 153 Å². The van der Waals surface area contributed by atoms with Crippen LogP contribution in [0.3, 0.4) is 0 Å². The first kappa shape index (κ1) is 24.3. The monoisotopic (exact) mass is 362 g/mol. The van der Waals surface area contributed by atoms with E-state index in [0.717, 1.165) is 25.7 Å². The maximum absolute atomic E-state index is 11.5. The standard InChI is InChI=1S/C19H38O6/c1-8-11-13-16(20)21-15-12-14-17(22-24-18(4,5)9-2)23-25-19(6,7)10-3/h17H,8-15H2,1-7H3. The molecule has 0 aromatic rings. The first-order valence-corrected chi connectivity index (χ1v) is 9.50. The van der Waals surface area contributed by atoms with E-state index in [1.807, 2.05) is 48.5 Å². The molecule has 0 saturated heterocycles. The largest absolute Gasteiger partial charge is 0.466 e. The Morgan fingerprint density at radius 3 is 1.84 bits per heavy atom. The van der Waals surface area contributed by atoms with Crippen LogP contribution >= 0.6 is 0 Å². The third kappa shape index (κ3) is 13.2. The van der Waals surface area contributed by atoms with Crippen LogP contribution in [0.2, 0.25) is 0 Å². The van der Waals surface area contributed by atoms with E-state index in [9.17, 15) is 4.79 Å². The molecule has 25 heavy (non-hydrogen) atoms. The summed E-state index contributed by atoms with van der Waals surface area (Å²) in [5.74, 6) is -0.160. The fourth-order valence-corrected chi connectivity index (χ4v) is 1.43. The van der Waals surface area contributed by atoms with Crippen LogP contribution in [0.4, 0.5) is 0 Å². The fourth-order valence-electron chi connectivity index (χ4n) is 1.43. The molecule has 0 rings (SSSR count). The summed E-state index contributed by atoms with van der Waals surface area (Å²) in [5.41, 5.74) is -0.816. The van der Waals surface area contributed by atoms with Gasteiger partial charge in [0.25, 0.3) is 0 Å². The number of carbonyl (C=O) groups is 1. The molecule has 0 saturated carbocycles. The molecule has 0 aliphatic rings. The summed E-state index contributed by atoms with van der Waals surface area (Å²) in [5, 5.41) is 0. The van der Waals surface area contributed by atoms with Crippen LogP contribution in [-0.4, -0.2) is 30.1 Å². The van der Waals surface area contributed by atoms with Gasteiger partial charge in [0.15, 0.2) is 0 Å². The SMILES string of the molecule is CCCCC(=O)OCCCC(OOC(C)(C)CC)OOC(C)(C)CC. The van der Waals surface area contributed by atoms with Crippen molar-refractivity contribution in [3.05, 3.63) is 0 Å². The van der Waals surface area contributed by atoms with Gasteiger partial charge in [-0.1, -0.05) is 27.2 Å². The van der Waals surface area contributed by atoms with Gasteiger partial charge in [-0.3, -0.25) is 4.79 Å². The zero-order chi connectivity index (χ0) is 19.3. The van der Waals surface area contributed by atoms with Gasteiger partial charge in [-0.15, -0.1) is 0 Å². The number of ether oxygens (including phenoxy) is 1. The Morgan fingerprint density at radius 2 is 1.40 bits per heavy atom. The first-order valence-electron chi connectivity index (χ1n) is 9.50. The highest BCUT2D eigenvalue weighted by Gasteiger charge is 2.24. The van der Waals surface area contributed by atoms with E-state index in [1.165, 1.54) is 0 Å². The Kier molecular flexibility index (Phi) is 12.3. The van der Waals surface area contributed by atoms with Crippen LogP contribution in [0.15, 0.2) is 0 Å². The second-order valence-electron chi connectivity index (χ2n) is 7.48. The van der Waals surface area contributed by atoms with Gasteiger partial charge in [-0.2, -0.15) is 0 Å². The molecule has 0 heterocycles. The minimum absolute atomic E-state index is 0.160. The van der Waals surface area contributed by atoms with Gasteiger partial charge in [0.2, 0.25) is 6.29 Å². The van der Waals surface area contributed by atoms with Crippen LogP contribution in [0.5, 0.6) is 0 Å². The normalized spacial score (nSPS) is 12.6. The van der Waals surface area contributed by atoms with Crippen molar-refractivity contribution < 1.29 is 29.1 Å². The smallest absolute Gasteiger partial charge is 0.305 e. The van der Waals surface area contributed by atoms with E-state index in [2.05, 4.69) is 0 Å². The second kappa shape index (κ2) is 12.6. The number of unbranched alkanes of at least 4 members (excludes halogenated alkanes) is 1. The third-order valence-corrected chi connectivity index (χ3v) is 4.05. The van der Waals surface area contributed by atoms with E-state index >= 15 is 0 Å². The second-order valence-corrected chi connectivity index (χ2v) is 7.48. The Bertz CT molecular complexity index is 334. The summed E-state index contributed by atoms with van der Waals surface area (Å²) in [4.78, 5) is 33.3. The molecule has 0 bridgehead atoms. The van der Waals surface area contributed by atoms with Crippen molar-refractivity contribution in [2.24, 2.45) is 0 Å². The first-order chi connectivity index (χ1) is 11.7. The van der Waals surface area contributed by atoms with Gasteiger partial charge in [0, 0.05) is 12.8 Å². The molecule has 0 aromatic carbocycles. The summed E-state index contributed by atoms with van der Waals surface area (Å²) in [6.07, 6.45) is 4.34. The molecule has 6 nitrogen and oxygen atoms in total. The number of esters is 1. The van der Waals surface area contributed by atoms with Crippen LogP contribution in [0.25, 0.3) is 0 Å². The van der Waals surface area contributed by atoms with Gasteiger partial charge in [0.1, 0.15) is 0 Å². The van der Waals surface area contributed by atoms with Crippen molar-refractivity contribution in [2.45, 2.75) is 111 Å². The van der Waals surface area contributed by atoms with E-state index in [-0.39, 0.29) is 5.97 Å². The molecule has 0 amide bonds. The van der Waals surface area contributed by atoms with Gasteiger partial charge in [-0.05, 0) is 53.4 Å². The van der Waals surface area contributed by atoms with Gasteiger partial charge in [-0.25, -0.2) is 19.6 Å². The summed E-state index contributed by atoms with van der Waals surface area (Å²) in [6.45, 7) is 14.2. The van der Waals surface area contributed by atoms with Crippen LogP contribution in [0, 0.1) is 0 Å². The third-order valence-electron chi connectivity index (χ3n) is 4.05. The van der Waals surface area contributed by atoms with Crippen molar-refractivity contribution in [2.75, 3.05) is 6.61 Å². The molecule has 6 heteroatoms. The van der Waals surface area contributed by atoms with Crippen LogP contribution in [0.1, 0.15) is 93.4 Å². The lowest BCUT2D eigenvalue weighted by atomic mass is 10.1. The molecule has 0 spiro atoms. The highest BCUT2D eigenvalue weighted by atomic mass is 17.3. The maximum Gasteiger partial charge on any atom is 0.305 e. The van der Waals surface area contributed by atoms with Crippen molar-refractivity contribution in [1.82, 2.24) is 0 Å². The van der Waals surface area contributed by atoms with Gasteiger partial charge in [0.05, 0.1) is 17.8 Å². The summed E-state index contributed by atoms with van der Waals surface area (Å²) < 4.78 is 5.20. The summed E-state index contributed by atoms with van der Waals surface area (Å²) >= 11 is 0. The van der Waals surface area contributed by atoms with E-state index < -0.39 is 17.5 Å². The zero-order valence-corrected chi connectivity index (χ0v) is 17.2. The van der Waals surface area contributed by atoms with Crippen molar-refractivity contribution >= 4 is 5.97 Å². The minimum Gasteiger partial charge on any atom is -0.466 e. The van der Waals surface area contributed by atoms with E-state index in [1.54, 1.807) is 0 Å². The molecule has 0 radical (unpaired) electrons. The average Bonchev–Trinajstić information content (AvgIpc) is 2.58. The molecule has 0 aliphatic heterocycles. The molecular formula is C19H38O6. The number of hydrogen-bond donors (Lipinski definition) is 0. The molecule has 0 N–H and O–H groups in total. The highest BCUT2D eigenvalue weighted by molar-refractivity contribution is 5.69. The Hall–Kier alpha value is -0.690. The molecule has 0 atom stereocenters. The van der Waals surface area contributed by atoms with E-state index in [0.29, 0.717) is 25.9 Å². The minimum atomic E-state index is -0.675. The van der Waals surface area contributed by atoms with Crippen molar-refractivity contribution in [1.29, 1.82) is 0 Å². The number of carbonyl (C=O) groups excluding carboxylic acids is 1. The van der Waals surface area contributed by atoms with Crippen molar-refractivity contribution in [3.63, 3.8) is 0 Å². The van der Waals surface area contributed by atoms with Crippen LogP contribution in [-0.2, 0) is 29.1 Å². The average molecular weight is 363 g/mol. The van der Waals surface area contributed by atoms with Crippen molar-refractivity contribution in [3.8, 4) is 0 Å². The topological polar surface area (TPSA) is 63.2 Å². The van der Waals surface area contributed by atoms with Gasteiger partial charge >= 0.3 is 5.97 Å². The van der Waals surface area contributed by atoms with Crippen LogP contribution < -0.4 is 0 Å². The van der Waals surface area contributed by atoms with E-state index in [4.69, 9.17) is 24.3 Å². The molecule has 0 unspecified atom stereocenters. The lowest BCUT2D eigenvalue weighted by Gasteiger charge is -2.28. The lowest BCUT2D eigenvalue weighted by Crippen LogP contribution is -2.31. The Balaban J connectivity index is 4.31. The highest BCUT2D eigenvalue weighted by Crippen LogP contribution is 2.20. The predicted molar refractivity (Wildman–Crippen MR) is 96.6 cm³/mol. The molecule has 0 fully saturated rings. The summed E-state index contributed by atoms with van der Waals surface area (Å²) in [6, 6.07) is 0. The molecular weight excluding hydrogens is 324 g/mol. The lowest BCUT2D eigenvalue weighted by molar-refractivity contribution is -0.500. The zero-order valence-electron chi connectivity index (χ0n) is 17.2. The quantitative estimate of drug-likeness (QED) is 0.133. The molecule has 0 aromatic heterocycles. The molecule has 150 valence electrons. The maximum atomic E-state index is 11.5. The summed E-state index contributed by atoms with van der Waals surface area (Å²) in [7, 11) is 0. The number of rotatable bonds is 15. The number of hydrogen-bond acceptors (Lipinski definition) is 6.